The predicted molar refractivity (Wildman–Crippen MR) is 132 cm³/mol. The van der Waals surface area contributed by atoms with Crippen LogP contribution in [-0.4, -0.2) is 58.0 Å². The Bertz CT molecular complexity index is 1120. The average Bonchev–Trinajstić information content (AvgIpc) is 3.07. The van der Waals surface area contributed by atoms with Crippen LogP contribution in [0.5, 0.6) is 17.2 Å². The molecule has 34 heavy (non-hydrogen) atoms. The molecule has 2 aromatic carbocycles. The van der Waals surface area contributed by atoms with Crippen LogP contribution in [0.2, 0.25) is 0 Å². The van der Waals surface area contributed by atoms with E-state index in [4.69, 9.17) is 19.6 Å². The molecule has 0 radical (unpaired) electrons. The van der Waals surface area contributed by atoms with E-state index in [1.54, 1.807) is 31.1 Å². The van der Waals surface area contributed by atoms with E-state index in [0.717, 1.165) is 17.0 Å². The molecule has 0 fully saturated rings. The third-order valence-corrected chi connectivity index (χ3v) is 5.91. The zero-order valence-corrected chi connectivity index (χ0v) is 21.3. The first-order chi connectivity index (χ1) is 15.9. The van der Waals surface area contributed by atoms with Gasteiger partial charge in [0.05, 0.1) is 38.6 Å². The van der Waals surface area contributed by atoms with Gasteiger partial charge in [0.1, 0.15) is 11.6 Å². The number of halogens is 1. The molecule has 1 N–H and O–H groups in total. The zero-order chi connectivity index (χ0) is 25.4. The topological polar surface area (TPSA) is 75.1 Å². The van der Waals surface area contributed by atoms with Crippen LogP contribution in [0, 0.1) is 11.2 Å². The highest BCUT2D eigenvalue weighted by molar-refractivity contribution is 6.06. The van der Waals surface area contributed by atoms with Crippen molar-refractivity contribution in [2.45, 2.75) is 39.7 Å². The number of ketones is 1. The molecule has 0 aliphatic carbocycles. The highest BCUT2D eigenvalue weighted by Crippen LogP contribution is 2.41. The number of carbonyl (C=O) groups excluding carboxylic acids is 1. The number of rotatable bonds is 8. The van der Waals surface area contributed by atoms with Crippen molar-refractivity contribution in [3.8, 4) is 17.2 Å². The van der Waals surface area contributed by atoms with Crippen molar-refractivity contribution in [3.63, 3.8) is 0 Å². The van der Waals surface area contributed by atoms with E-state index in [-0.39, 0.29) is 41.4 Å². The molecule has 0 spiro atoms. The van der Waals surface area contributed by atoms with E-state index in [1.165, 1.54) is 7.11 Å². The van der Waals surface area contributed by atoms with Crippen molar-refractivity contribution in [1.82, 2.24) is 4.90 Å². The maximum Gasteiger partial charge on any atom is 0.197 e. The highest BCUT2D eigenvalue weighted by atomic mass is 19.1. The molecule has 0 amide bonds. The number of hydrogen-bond donors (Lipinski definition) is 1. The van der Waals surface area contributed by atoms with Gasteiger partial charge in [0, 0.05) is 31.8 Å². The van der Waals surface area contributed by atoms with Crippen LogP contribution in [0.3, 0.4) is 0 Å². The number of ether oxygens (including phenoxy) is 3. The fraction of sp³-hybridized carbons (Fsp3) is 0.462. The zero-order valence-electron chi connectivity index (χ0n) is 21.3. The molecular weight excluding hydrogens is 437 g/mol. The predicted octanol–water partition coefficient (Wildman–Crippen LogP) is 4.63. The van der Waals surface area contributed by atoms with Gasteiger partial charge in [-0.15, -0.1) is 0 Å². The summed E-state index contributed by atoms with van der Waals surface area (Å²) in [6.45, 7) is 8.55. The summed E-state index contributed by atoms with van der Waals surface area (Å²) in [6.07, 6.45) is 0. The lowest BCUT2D eigenvalue weighted by molar-refractivity contribution is 0.0962. The highest BCUT2D eigenvalue weighted by Gasteiger charge is 2.33. The van der Waals surface area contributed by atoms with Gasteiger partial charge in [0.25, 0.3) is 0 Å². The molecule has 0 atom stereocenters. The molecular formula is C26H34FN3O4. The molecule has 0 saturated heterocycles. The van der Waals surface area contributed by atoms with Gasteiger partial charge in [0.2, 0.25) is 0 Å². The molecule has 0 aromatic heterocycles. The molecule has 0 bridgehead atoms. The summed E-state index contributed by atoms with van der Waals surface area (Å²) in [5.41, 5.74) is 2.73. The Morgan fingerprint density at radius 2 is 1.79 bits per heavy atom. The number of fused-ring (bicyclic) bond motifs is 1. The van der Waals surface area contributed by atoms with Gasteiger partial charge >= 0.3 is 0 Å². The summed E-state index contributed by atoms with van der Waals surface area (Å²) in [7, 11) is 6.79. The van der Waals surface area contributed by atoms with Gasteiger partial charge in [-0.2, -0.15) is 0 Å². The summed E-state index contributed by atoms with van der Waals surface area (Å²) in [5, 5.41) is 8.55. The molecule has 184 valence electrons. The number of benzene rings is 2. The van der Waals surface area contributed by atoms with Gasteiger partial charge in [-0.3, -0.25) is 10.2 Å². The lowest BCUT2D eigenvalue weighted by atomic mass is 9.84. The summed E-state index contributed by atoms with van der Waals surface area (Å²) in [4.78, 5) is 16.9. The molecule has 8 heteroatoms. The lowest BCUT2D eigenvalue weighted by Gasteiger charge is -2.27. The van der Waals surface area contributed by atoms with Gasteiger partial charge in [-0.25, -0.2) is 4.39 Å². The minimum absolute atomic E-state index is 0.0286. The Kier molecular flexibility index (Phi) is 7.10. The third kappa shape index (κ3) is 4.54. The lowest BCUT2D eigenvalue weighted by Crippen LogP contribution is -2.31. The molecule has 1 heterocycles. The van der Waals surface area contributed by atoms with E-state index in [0.29, 0.717) is 23.5 Å². The fourth-order valence-corrected chi connectivity index (χ4v) is 4.21. The second kappa shape index (κ2) is 9.52. The largest absolute Gasteiger partial charge is 0.494 e. The molecule has 2 aromatic rings. The number of amidine groups is 1. The third-order valence-electron chi connectivity index (χ3n) is 5.91. The first kappa shape index (κ1) is 25.3. The van der Waals surface area contributed by atoms with Crippen molar-refractivity contribution in [1.29, 1.82) is 5.41 Å². The number of anilines is 1. The number of hydrogen-bond acceptors (Lipinski definition) is 6. The first-order valence-electron chi connectivity index (χ1n) is 11.2. The minimum Gasteiger partial charge on any atom is -0.494 e. The number of methoxy groups -OCH3 is 2. The van der Waals surface area contributed by atoms with E-state index in [2.05, 4.69) is 20.8 Å². The van der Waals surface area contributed by atoms with Crippen LogP contribution >= 0.6 is 0 Å². The van der Waals surface area contributed by atoms with Crippen LogP contribution in [0.15, 0.2) is 18.2 Å². The molecule has 7 nitrogen and oxygen atoms in total. The number of nitrogens with one attached hydrogen (secondary N) is 1. The van der Waals surface area contributed by atoms with Crippen LogP contribution in [0.25, 0.3) is 0 Å². The summed E-state index contributed by atoms with van der Waals surface area (Å²) >= 11 is 0. The van der Waals surface area contributed by atoms with Crippen molar-refractivity contribution in [2.75, 3.05) is 46.4 Å². The van der Waals surface area contributed by atoms with Crippen LogP contribution in [0.4, 0.5) is 10.1 Å². The SMILES string of the molecule is CCOc1cc2c(c(F)c1OC)C(=N)N(CC(=O)c1cc(N(C)C)c(OC)c(C(C)(C)C)c1)C2. The molecule has 0 saturated carbocycles. The smallest absolute Gasteiger partial charge is 0.197 e. The Hall–Kier alpha value is -3.29. The van der Waals surface area contributed by atoms with Crippen molar-refractivity contribution in [3.05, 3.63) is 46.3 Å². The monoisotopic (exact) mass is 471 g/mol. The average molecular weight is 472 g/mol. The van der Waals surface area contributed by atoms with Gasteiger partial charge in [-0.1, -0.05) is 20.8 Å². The maximum absolute atomic E-state index is 15.2. The summed E-state index contributed by atoms with van der Waals surface area (Å²) < 4.78 is 31.6. The Balaban J connectivity index is 1.96. The van der Waals surface area contributed by atoms with Gasteiger partial charge in [0.15, 0.2) is 23.1 Å². The molecule has 0 unspecified atom stereocenters. The van der Waals surface area contributed by atoms with Gasteiger partial charge < -0.3 is 24.0 Å². The Morgan fingerprint density at radius 1 is 1.15 bits per heavy atom. The normalized spacial score (nSPS) is 13.1. The standard InChI is InChI=1S/C26H34FN3O4/c1-9-34-20-12-16-13-30(25(28)21(16)22(27)24(20)33-8)14-19(31)15-10-17(26(2,3)4)23(32-7)18(11-15)29(5)6/h10-12,28H,9,13-14H2,1-8H3. The van der Waals surface area contributed by atoms with Crippen LogP contribution in [0.1, 0.15) is 54.7 Å². The second-order valence-electron chi connectivity index (χ2n) is 9.54. The molecule has 1 aliphatic rings. The second-order valence-corrected chi connectivity index (χ2v) is 9.54. The van der Waals surface area contributed by atoms with E-state index in [9.17, 15) is 4.79 Å². The van der Waals surface area contributed by atoms with E-state index in [1.807, 2.05) is 25.1 Å². The summed E-state index contributed by atoms with van der Waals surface area (Å²) in [5.74, 6) is 0.151. The quantitative estimate of drug-likeness (QED) is 0.566. The van der Waals surface area contributed by atoms with E-state index >= 15 is 4.39 Å². The number of carbonyl (C=O) groups is 1. The van der Waals surface area contributed by atoms with Crippen LogP contribution in [-0.2, 0) is 12.0 Å². The molecule has 1 aliphatic heterocycles. The van der Waals surface area contributed by atoms with Crippen molar-refractivity contribution < 1.29 is 23.4 Å². The van der Waals surface area contributed by atoms with E-state index < -0.39 is 5.82 Å². The number of Topliss-reactive ketones (excluding diaryl/α,β-unsaturated/α-hetero) is 1. The fourth-order valence-electron chi connectivity index (χ4n) is 4.21. The Labute approximate surface area is 200 Å². The van der Waals surface area contributed by atoms with Crippen LogP contribution < -0.4 is 19.1 Å². The minimum atomic E-state index is -0.641. The Morgan fingerprint density at radius 3 is 2.32 bits per heavy atom. The molecule has 3 rings (SSSR count). The van der Waals surface area contributed by atoms with Gasteiger partial charge in [-0.05, 0) is 36.1 Å². The van der Waals surface area contributed by atoms with Crippen molar-refractivity contribution in [2.24, 2.45) is 0 Å². The summed E-state index contributed by atoms with van der Waals surface area (Å²) in [6, 6.07) is 5.35. The maximum atomic E-state index is 15.2. The first-order valence-corrected chi connectivity index (χ1v) is 11.2. The van der Waals surface area contributed by atoms with Crippen molar-refractivity contribution >= 4 is 17.3 Å². The number of nitrogens with zero attached hydrogens (tertiary/aromatic N) is 2.